The number of carbonyl (C=O) groups excluding carboxylic acids is 4. The number of urea groups is 1. The highest BCUT2D eigenvalue weighted by molar-refractivity contribution is 5.90. The first kappa shape index (κ1) is 37.4. The van der Waals surface area contributed by atoms with Crippen molar-refractivity contribution in [2.45, 2.75) is 57.1 Å². The summed E-state index contributed by atoms with van der Waals surface area (Å²) in [6.07, 6.45) is 0.0414. The number of halogens is 3. The number of hydrogen-bond acceptors (Lipinski definition) is 8. The van der Waals surface area contributed by atoms with Gasteiger partial charge in [0.1, 0.15) is 18.1 Å². The van der Waals surface area contributed by atoms with Crippen LogP contribution in [0.25, 0.3) is 22.4 Å². The number of aromatic nitrogens is 2. The van der Waals surface area contributed by atoms with Crippen LogP contribution in [0.15, 0.2) is 48.7 Å². The van der Waals surface area contributed by atoms with Crippen molar-refractivity contribution in [3.05, 3.63) is 54.5 Å². The molecule has 6 rings (SSSR count). The molecule has 5 amide bonds. The van der Waals surface area contributed by atoms with Gasteiger partial charge in [-0.05, 0) is 55.9 Å². The zero-order chi connectivity index (χ0) is 37.7. The number of nitrogens with one attached hydrogen (secondary N) is 3. The third kappa shape index (κ3) is 9.01. The van der Waals surface area contributed by atoms with Gasteiger partial charge in [0, 0.05) is 68.7 Å². The number of piperazine rings is 1. The highest BCUT2D eigenvalue weighted by Crippen LogP contribution is 2.38. The Hall–Kier alpha value is -5.32. The summed E-state index contributed by atoms with van der Waals surface area (Å²) in [5.41, 5.74) is 2.18. The van der Waals surface area contributed by atoms with Crippen LogP contribution in [-0.4, -0.2) is 125 Å². The average Bonchev–Trinajstić information content (AvgIpc) is 3.80. The fourth-order valence-corrected chi connectivity index (χ4v) is 7.36. The summed E-state index contributed by atoms with van der Waals surface area (Å²) >= 11 is 0. The summed E-state index contributed by atoms with van der Waals surface area (Å²) < 4.78 is 49.7. The second kappa shape index (κ2) is 16.1. The Labute approximate surface area is 304 Å². The number of H-pyrrole nitrogens is 1. The number of anilines is 1. The van der Waals surface area contributed by atoms with Crippen LogP contribution in [0.2, 0.25) is 0 Å². The number of benzene rings is 2. The smallest absolute Gasteiger partial charge is 0.453 e. The van der Waals surface area contributed by atoms with Gasteiger partial charge in [-0.15, -0.1) is 13.2 Å². The molecule has 3 aliphatic rings. The lowest BCUT2D eigenvalue weighted by Crippen LogP contribution is -2.54. The Balaban J connectivity index is 1.11. The molecule has 3 aromatic rings. The number of amides is 5. The number of likely N-dealkylation sites (tertiary alicyclic amines) is 2. The summed E-state index contributed by atoms with van der Waals surface area (Å²) in [5.74, 6) is -0.144. The van der Waals surface area contributed by atoms with E-state index in [4.69, 9.17) is 0 Å². The van der Waals surface area contributed by atoms with Crippen molar-refractivity contribution < 1.29 is 41.8 Å². The summed E-state index contributed by atoms with van der Waals surface area (Å²) in [4.78, 5) is 63.8. The number of imidazole rings is 1. The molecule has 14 nitrogen and oxygen atoms in total. The van der Waals surface area contributed by atoms with E-state index in [1.807, 2.05) is 6.92 Å². The Morgan fingerprint density at radius 3 is 2.32 bits per heavy atom. The van der Waals surface area contributed by atoms with Gasteiger partial charge in [-0.25, -0.2) is 14.6 Å². The Bertz CT molecular complexity index is 1770. The van der Waals surface area contributed by atoms with Gasteiger partial charge in [-0.3, -0.25) is 14.5 Å². The minimum Gasteiger partial charge on any atom is -0.453 e. The molecule has 53 heavy (non-hydrogen) atoms. The molecule has 3 aliphatic heterocycles. The van der Waals surface area contributed by atoms with Crippen molar-refractivity contribution in [2.75, 3.05) is 58.2 Å². The molecule has 1 unspecified atom stereocenters. The van der Waals surface area contributed by atoms with Gasteiger partial charge >= 0.3 is 18.5 Å². The summed E-state index contributed by atoms with van der Waals surface area (Å²) in [6.45, 7) is 5.44. The molecule has 17 heteroatoms. The van der Waals surface area contributed by atoms with Crippen molar-refractivity contribution in [1.82, 2.24) is 34.9 Å². The van der Waals surface area contributed by atoms with Gasteiger partial charge < -0.3 is 39.8 Å². The van der Waals surface area contributed by atoms with E-state index in [0.29, 0.717) is 68.8 Å². The molecule has 0 radical (unpaired) electrons. The second-order valence-corrected chi connectivity index (χ2v) is 13.4. The zero-order valence-corrected chi connectivity index (χ0v) is 29.5. The first-order chi connectivity index (χ1) is 25.4. The molecule has 0 bridgehead atoms. The number of piperidine rings is 1. The third-order valence-electron chi connectivity index (χ3n) is 10.2. The topological polar surface area (TPSA) is 152 Å². The van der Waals surface area contributed by atoms with E-state index in [1.54, 1.807) is 51.2 Å². The third-order valence-corrected chi connectivity index (χ3v) is 10.2. The molecule has 284 valence electrons. The van der Waals surface area contributed by atoms with Crippen molar-refractivity contribution in [3.63, 3.8) is 0 Å². The number of nitrogens with zero attached hydrogens (tertiary/aromatic N) is 5. The average molecular weight is 741 g/mol. The monoisotopic (exact) mass is 740 g/mol. The van der Waals surface area contributed by atoms with E-state index in [-0.39, 0.29) is 35.8 Å². The van der Waals surface area contributed by atoms with Crippen molar-refractivity contribution in [1.29, 1.82) is 0 Å². The number of methoxy groups -OCH3 is 1. The zero-order valence-electron chi connectivity index (χ0n) is 29.5. The van der Waals surface area contributed by atoms with E-state index in [0.717, 1.165) is 31.2 Å². The van der Waals surface area contributed by atoms with Gasteiger partial charge in [0.05, 0.1) is 25.0 Å². The minimum absolute atomic E-state index is 0.0619. The van der Waals surface area contributed by atoms with Crippen LogP contribution in [0.1, 0.15) is 44.5 Å². The van der Waals surface area contributed by atoms with Gasteiger partial charge in [0.15, 0.2) is 0 Å². The fraction of sp³-hybridized carbons (Fsp3) is 0.472. The molecule has 3 fully saturated rings. The molecular formula is C36H43F3N8O6. The van der Waals surface area contributed by atoms with Crippen LogP contribution in [0, 0.1) is 0 Å². The Morgan fingerprint density at radius 2 is 1.66 bits per heavy atom. The molecule has 1 aromatic heterocycles. The van der Waals surface area contributed by atoms with Crippen LogP contribution in [0.5, 0.6) is 5.75 Å². The Kier molecular flexibility index (Phi) is 11.4. The minimum atomic E-state index is -4.97. The predicted molar refractivity (Wildman–Crippen MR) is 188 cm³/mol. The van der Waals surface area contributed by atoms with Crippen molar-refractivity contribution in [2.24, 2.45) is 0 Å². The lowest BCUT2D eigenvalue weighted by atomic mass is 10.0. The molecule has 0 saturated carbocycles. The summed E-state index contributed by atoms with van der Waals surface area (Å²) in [6, 6.07) is 10.6. The summed E-state index contributed by atoms with van der Waals surface area (Å²) in [5, 5.41) is 5.14. The number of alkyl halides is 3. The molecule has 4 heterocycles. The highest BCUT2D eigenvalue weighted by atomic mass is 19.4. The van der Waals surface area contributed by atoms with Gasteiger partial charge in [0.25, 0.3) is 0 Å². The van der Waals surface area contributed by atoms with Gasteiger partial charge in [0.2, 0.25) is 12.3 Å². The molecule has 3 saturated heterocycles. The number of ether oxygens (including phenoxy) is 2. The van der Waals surface area contributed by atoms with Crippen molar-refractivity contribution >= 4 is 30.1 Å². The molecule has 2 atom stereocenters. The van der Waals surface area contributed by atoms with Crippen LogP contribution in [0.3, 0.4) is 0 Å². The Morgan fingerprint density at radius 1 is 0.962 bits per heavy atom. The maximum absolute atomic E-state index is 13.6. The van der Waals surface area contributed by atoms with Crippen LogP contribution in [0.4, 0.5) is 28.4 Å². The van der Waals surface area contributed by atoms with E-state index in [1.165, 1.54) is 19.2 Å². The van der Waals surface area contributed by atoms with Gasteiger partial charge in [-0.2, -0.15) is 0 Å². The van der Waals surface area contributed by atoms with Crippen LogP contribution < -0.4 is 15.4 Å². The van der Waals surface area contributed by atoms with Crippen LogP contribution in [-0.2, 0) is 14.3 Å². The second-order valence-electron chi connectivity index (χ2n) is 13.4. The predicted octanol–water partition coefficient (Wildman–Crippen LogP) is 4.82. The number of rotatable bonds is 9. The highest BCUT2D eigenvalue weighted by Gasteiger charge is 2.37. The molecule has 0 aliphatic carbocycles. The maximum atomic E-state index is 13.6. The molecule has 3 N–H and O–H groups in total. The number of aromatic amines is 1. The first-order valence-corrected chi connectivity index (χ1v) is 17.6. The van der Waals surface area contributed by atoms with E-state index in [2.05, 4.69) is 35.0 Å². The summed E-state index contributed by atoms with van der Waals surface area (Å²) in [7, 11) is 1.22. The van der Waals surface area contributed by atoms with E-state index >= 15 is 0 Å². The quantitative estimate of drug-likeness (QED) is 0.264. The fourth-order valence-electron chi connectivity index (χ4n) is 7.36. The molecular weight excluding hydrogens is 697 g/mol. The lowest BCUT2D eigenvalue weighted by Gasteiger charge is -2.42. The number of carbonyl (C=O) groups is 4. The largest absolute Gasteiger partial charge is 0.573 e. The van der Waals surface area contributed by atoms with E-state index in [9.17, 15) is 32.3 Å². The van der Waals surface area contributed by atoms with Crippen LogP contribution >= 0.6 is 0 Å². The number of hydrogen-bond donors (Lipinski definition) is 3. The standard InChI is InChI=1S/C36H43F3N8O6/c1-23-3-10-30(47(23)32(49)21-41-35(51)52-2)33-40-20-29(43-33)25-6-4-24(5-7-25)28-9-8-26(19-31(28)53-36(37,38)39)42-34(50)46-17-15-45(16-18-46)27-11-13-44(22-48)14-12-27/h4-9,19-20,22-23,27,30H,3,10-18,21H2,1-2H3,(H,40,43)(H,41,51)(H,42,50)/t23?,30-/m0/s1. The SMILES string of the molecule is COC(=O)NCC(=O)N1C(C)CC[C@H]1c1ncc(-c2ccc(-c3ccc(NC(=O)N4CCN(C5CCN(C=O)CC5)CC4)cc3OC(F)(F)F)cc2)[nH]1. The van der Waals surface area contributed by atoms with Crippen molar-refractivity contribution in [3.8, 4) is 28.1 Å². The van der Waals surface area contributed by atoms with Gasteiger partial charge in [-0.1, -0.05) is 24.3 Å². The number of alkyl carbamates (subject to hydrolysis) is 1. The lowest BCUT2D eigenvalue weighted by molar-refractivity contribution is -0.274. The first-order valence-electron chi connectivity index (χ1n) is 17.6. The molecule has 2 aromatic carbocycles. The van der Waals surface area contributed by atoms with E-state index < -0.39 is 24.2 Å². The normalized spacial score (nSPS) is 19.9. The molecule has 0 spiro atoms. The maximum Gasteiger partial charge on any atom is 0.573 e.